The Bertz CT molecular complexity index is 557. The molecular weight excluding hydrogens is 260 g/mol. The first kappa shape index (κ1) is 14.2. The normalized spacial score (nSPS) is 18.4. The third-order valence-electron chi connectivity index (χ3n) is 3.14. The van der Waals surface area contributed by atoms with Crippen molar-refractivity contribution in [3.8, 4) is 0 Å². The molecule has 0 spiro atoms. The molecule has 0 radical (unpaired) electrons. The quantitative estimate of drug-likeness (QED) is 0.788. The van der Waals surface area contributed by atoms with Crippen LogP contribution >= 0.6 is 0 Å². The molecule has 1 unspecified atom stereocenters. The van der Waals surface area contributed by atoms with Crippen molar-refractivity contribution in [2.45, 2.75) is 38.8 Å². The molecule has 2 N–H and O–H groups in total. The molecule has 0 bridgehead atoms. The van der Waals surface area contributed by atoms with E-state index < -0.39 is 0 Å². The van der Waals surface area contributed by atoms with E-state index in [0.29, 0.717) is 25.9 Å². The second-order valence-corrected chi connectivity index (χ2v) is 4.79. The van der Waals surface area contributed by atoms with Crippen molar-refractivity contribution in [2.75, 3.05) is 6.54 Å². The SMILES string of the molecule is CCCn1nc(C(=O)NC2CCC(=O)NC2)ccc1=O. The number of aromatic nitrogens is 2. The standard InChI is InChI=1S/C13H18N4O3/c1-2-7-17-12(19)6-4-10(16-17)13(20)15-9-3-5-11(18)14-8-9/h4,6,9H,2-3,5,7-8H2,1H3,(H,14,18)(H,15,20). The molecule has 1 aliphatic rings. The number of aryl methyl sites for hydroxylation is 1. The zero-order chi connectivity index (χ0) is 14.5. The molecule has 2 rings (SSSR count). The number of carbonyl (C=O) groups excluding carboxylic acids is 2. The van der Waals surface area contributed by atoms with Crippen LogP contribution < -0.4 is 16.2 Å². The van der Waals surface area contributed by atoms with Crippen molar-refractivity contribution >= 4 is 11.8 Å². The summed E-state index contributed by atoms with van der Waals surface area (Å²) in [6.45, 7) is 2.85. The molecule has 2 heterocycles. The van der Waals surface area contributed by atoms with Crippen molar-refractivity contribution in [1.29, 1.82) is 0 Å². The Labute approximate surface area is 116 Å². The Morgan fingerprint density at radius 2 is 2.30 bits per heavy atom. The number of piperidine rings is 1. The molecule has 0 aliphatic carbocycles. The zero-order valence-corrected chi connectivity index (χ0v) is 11.4. The molecule has 1 aliphatic heterocycles. The van der Waals surface area contributed by atoms with Gasteiger partial charge in [-0.25, -0.2) is 4.68 Å². The lowest BCUT2D eigenvalue weighted by atomic mass is 10.1. The first-order valence-corrected chi connectivity index (χ1v) is 6.76. The summed E-state index contributed by atoms with van der Waals surface area (Å²) >= 11 is 0. The number of carbonyl (C=O) groups is 2. The van der Waals surface area contributed by atoms with E-state index in [0.717, 1.165) is 6.42 Å². The predicted molar refractivity (Wildman–Crippen MR) is 72.3 cm³/mol. The number of hydrogen-bond donors (Lipinski definition) is 2. The molecule has 1 atom stereocenters. The predicted octanol–water partition coefficient (Wildman–Crippen LogP) is -0.338. The summed E-state index contributed by atoms with van der Waals surface area (Å²) in [5, 5.41) is 9.56. The van der Waals surface area contributed by atoms with Gasteiger partial charge in [0.2, 0.25) is 5.91 Å². The van der Waals surface area contributed by atoms with E-state index in [2.05, 4.69) is 15.7 Å². The Morgan fingerprint density at radius 1 is 1.50 bits per heavy atom. The number of nitrogens with zero attached hydrogens (tertiary/aromatic N) is 2. The van der Waals surface area contributed by atoms with Crippen LogP contribution in [0.2, 0.25) is 0 Å². The third-order valence-corrected chi connectivity index (χ3v) is 3.14. The van der Waals surface area contributed by atoms with Gasteiger partial charge in [0.1, 0.15) is 5.69 Å². The summed E-state index contributed by atoms with van der Waals surface area (Å²) in [6.07, 6.45) is 1.80. The van der Waals surface area contributed by atoms with Crippen LogP contribution in [0.4, 0.5) is 0 Å². The van der Waals surface area contributed by atoms with Crippen molar-refractivity contribution in [1.82, 2.24) is 20.4 Å². The summed E-state index contributed by atoms with van der Waals surface area (Å²) in [5.41, 5.74) is 0.00304. The topological polar surface area (TPSA) is 93.1 Å². The van der Waals surface area contributed by atoms with Gasteiger partial charge in [-0.15, -0.1) is 0 Å². The van der Waals surface area contributed by atoms with E-state index in [9.17, 15) is 14.4 Å². The van der Waals surface area contributed by atoms with Crippen LogP contribution in [0.15, 0.2) is 16.9 Å². The van der Waals surface area contributed by atoms with Gasteiger partial charge in [-0.3, -0.25) is 14.4 Å². The minimum absolute atomic E-state index is 0.00474. The molecule has 108 valence electrons. The van der Waals surface area contributed by atoms with E-state index in [1.165, 1.54) is 16.8 Å². The van der Waals surface area contributed by atoms with Crippen LogP contribution in [0.3, 0.4) is 0 Å². The molecule has 1 aromatic rings. The lowest BCUT2D eigenvalue weighted by molar-refractivity contribution is -0.122. The van der Waals surface area contributed by atoms with Crippen molar-refractivity contribution in [2.24, 2.45) is 0 Å². The van der Waals surface area contributed by atoms with E-state index in [1.54, 1.807) is 0 Å². The highest BCUT2D eigenvalue weighted by Crippen LogP contribution is 2.03. The molecule has 1 fully saturated rings. The molecule has 7 heteroatoms. The van der Waals surface area contributed by atoms with Crippen LogP contribution in [-0.4, -0.2) is 34.2 Å². The van der Waals surface area contributed by atoms with Gasteiger partial charge in [0.15, 0.2) is 0 Å². The van der Waals surface area contributed by atoms with Crippen LogP contribution in [0.1, 0.15) is 36.7 Å². The summed E-state index contributed by atoms with van der Waals surface area (Å²) in [5.74, 6) is -0.318. The van der Waals surface area contributed by atoms with E-state index in [4.69, 9.17) is 0 Å². The summed E-state index contributed by atoms with van der Waals surface area (Å²) in [4.78, 5) is 34.6. The molecule has 0 aromatic carbocycles. The molecule has 20 heavy (non-hydrogen) atoms. The van der Waals surface area contributed by atoms with Crippen LogP contribution in [0, 0.1) is 0 Å². The highest BCUT2D eigenvalue weighted by atomic mass is 16.2. The molecule has 1 aromatic heterocycles. The minimum Gasteiger partial charge on any atom is -0.354 e. The van der Waals surface area contributed by atoms with Gasteiger partial charge in [-0.2, -0.15) is 5.10 Å². The van der Waals surface area contributed by atoms with Crippen molar-refractivity contribution in [3.05, 3.63) is 28.2 Å². The molecule has 7 nitrogen and oxygen atoms in total. The zero-order valence-electron chi connectivity index (χ0n) is 11.4. The van der Waals surface area contributed by atoms with Gasteiger partial charge in [0.05, 0.1) is 0 Å². The number of hydrogen-bond acceptors (Lipinski definition) is 4. The largest absolute Gasteiger partial charge is 0.354 e. The summed E-state index contributed by atoms with van der Waals surface area (Å²) in [6, 6.07) is 2.68. The number of nitrogens with one attached hydrogen (secondary N) is 2. The highest BCUT2D eigenvalue weighted by Gasteiger charge is 2.20. The fraction of sp³-hybridized carbons (Fsp3) is 0.538. The van der Waals surface area contributed by atoms with Crippen molar-refractivity contribution in [3.63, 3.8) is 0 Å². The first-order valence-electron chi connectivity index (χ1n) is 6.76. The molecular formula is C13H18N4O3. The monoisotopic (exact) mass is 278 g/mol. The van der Waals surface area contributed by atoms with Crippen molar-refractivity contribution < 1.29 is 9.59 Å². The van der Waals surface area contributed by atoms with Gasteiger partial charge in [0, 0.05) is 31.6 Å². The van der Waals surface area contributed by atoms with E-state index in [1.807, 2.05) is 6.92 Å². The Hall–Kier alpha value is -2.18. The maximum absolute atomic E-state index is 12.1. The van der Waals surface area contributed by atoms with E-state index in [-0.39, 0.29) is 29.1 Å². The Morgan fingerprint density at radius 3 is 2.95 bits per heavy atom. The summed E-state index contributed by atoms with van der Waals surface area (Å²) < 4.78 is 1.29. The van der Waals surface area contributed by atoms with Gasteiger partial charge in [0.25, 0.3) is 11.5 Å². The first-order chi connectivity index (χ1) is 9.60. The summed E-state index contributed by atoms with van der Waals surface area (Å²) in [7, 11) is 0. The average molecular weight is 278 g/mol. The second-order valence-electron chi connectivity index (χ2n) is 4.79. The number of rotatable bonds is 4. The lowest BCUT2D eigenvalue weighted by Gasteiger charge is -2.23. The van der Waals surface area contributed by atoms with Crippen LogP contribution in [-0.2, 0) is 11.3 Å². The van der Waals surface area contributed by atoms with Gasteiger partial charge in [-0.1, -0.05) is 6.92 Å². The smallest absolute Gasteiger partial charge is 0.272 e. The van der Waals surface area contributed by atoms with Crippen LogP contribution in [0.5, 0.6) is 0 Å². The highest BCUT2D eigenvalue weighted by molar-refractivity contribution is 5.92. The fourth-order valence-electron chi connectivity index (χ4n) is 2.06. The van der Waals surface area contributed by atoms with Crippen LogP contribution in [0.25, 0.3) is 0 Å². The third kappa shape index (κ3) is 3.43. The Balaban J connectivity index is 2.03. The number of amides is 2. The maximum Gasteiger partial charge on any atom is 0.272 e. The van der Waals surface area contributed by atoms with Gasteiger partial charge in [-0.05, 0) is 18.9 Å². The van der Waals surface area contributed by atoms with Gasteiger partial charge >= 0.3 is 0 Å². The molecule has 1 saturated heterocycles. The maximum atomic E-state index is 12.1. The Kier molecular flexibility index (Phi) is 4.49. The van der Waals surface area contributed by atoms with E-state index >= 15 is 0 Å². The lowest BCUT2D eigenvalue weighted by Crippen LogP contribution is -2.48. The average Bonchev–Trinajstić information content (AvgIpc) is 2.44. The van der Waals surface area contributed by atoms with Gasteiger partial charge < -0.3 is 10.6 Å². The molecule has 2 amide bonds. The molecule has 0 saturated carbocycles. The fourth-order valence-corrected chi connectivity index (χ4v) is 2.06. The second kappa shape index (κ2) is 6.31. The minimum atomic E-state index is -0.323.